The number of H-pyrrole nitrogens is 1. The van der Waals surface area contributed by atoms with E-state index in [9.17, 15) is 4.79 Å². The number of anilines is 2. The van der Waals surface area contributed by atoms with Gasteiger partial charge in [0, 0.05) is 49.9 Å². The zero-order valence-electron chi connectivity index (χ0n) is 20.0. The molecule has 0 spiro atoms. The van der Waals surface area contributed by atoms with Gasteiger partial charge >= 0.3 is 0 Å². The van der Waals surface area contributed by atoms with Gasteiger partial charge in [0.15, 0.2) is 5.82 Å². The zero-order chi connectivity index (χ0) is 23.7. The average Bonchev–Trinajstić information content (AvgIpc) is 3.65. The van der Waals surface area contributed by atoms with E-state index in [1.807, 2.05) is 45.6 Å². The number of nitrogen functional groups attached to an aromatic ring is 1. The van der Waals surface area contributed by atoms with Gasteiger partial charge in [-0.25, -0.2) is 0 Å². The minimum atomic E-state index is -0.0335. The van der Waals surface area contributed by atoms with Crippen molar-refractivity contribution in [1.82, 2.24) is 34.3 Å². The van der Waals surface area contributed by atoms with Crippen LogP contribution in [0, 0.1) is 11.8 Å². The van der Waals surface area contributed by atoms with Gasteiger partial charge in [-0.3, -0.25) is 19.3 Å². The normalized spacial score (nSPS) is 20.5. The second-order valence-electron chi connectivity index (χ2n) is 10.5. The van der Waals surface area contributed by atoms with E-state index in [4.69, 9.17) is 10.8 Å². The first-order valence-electron chi connectivity index (χ1n) is 12.8. The number of aromatic nitrogens is 7. The van der Waals surface area contributed by atoms with Crippen LogP contribution in [-0.4, -0.2) is 46.9 Å². The fraction of sp³-hybridized carbons (Fsp3) is 0.520. The molecule has 182 valence electrons. The van der Waals surface area contributed by atoms with Crippen LogP contribution in [0.3, 0.4) is 0 Å². The quantitative estimate of drug-likeness (QED) is 0.426. The predicted molar refractivity (Wildman–Crippen MR) is 134 cm³/mol. The van der Waals surface area contributed by atoms with Crippen molar-refractivity contribution >= 4 is 22.5 Å². The molecule has 0 amide bonds. The molecule has 1 unspecified atom stereocenters. The molecule has 35 heavy (non-hydrogen) atoms. The van der Waals surface area contributed by atoms with E-state index in [0.717, 1.165) is 43.0 Å². The maximum absolute atomic E-state index is 13.6. The molecule has 7 rings (SSSR count). The summed E-state index contributed by atoms with van der Waals surface area (Å²) in [5.74, 6) is 2.52. The molecule has 0 aromatic carbocycles. The van der Waals surface area contributed by atoms with E-state index in [2.05, 4.69) is 26.3 Å². The lowest BCUT2D eigenvalue weighted by Gasteiger charge is -2.26. The van der Waals surface area contributed by atoms with E-state index in [-0.39, 0.29) is 17.4 Å². The molecule has 5 heterocycles. The molecule has 1 aliphatic heterocycles. The summed E-state index contributed by atoms with van der Waals surface area (Å²) in [6.07, 6.45) is 12.9. The topological polar surface area (TPSA) is 116 Å². The summed E-state index contributed by atoms with van der Waals surface area (Å²) in [7, 11) is 1.99. The summed E-state index contributed by atoms with van der Waals surface area (Å²) in [4.78, 5) is 16.0. The Labute approximate surface area is 202 Å². The zero-order valence-corrected chi connectivity index (χ0v) is 20.0. The lowest BCUT2D eigenvalue weighted by molar-refractivity contribution is 0.386. The highest BCUT2D eigenvalue weighted by molar-refractivity contribution is 5.97. The van der Waals surface area contributed by atoms with Crippen LogP contribution >= 0.6 is 0 Å². The fourth-order valence-electron chi connectivity index (χ4n) is 6.10. The number of pyridine rings is 1. The lowest BCUT2D eigenvalue weighted by atomic mass is 10.0. The van der Waals surface area contributed by atoms with Gasteiger partial charge in [0.25, 0.3) is 5.56 Å². The first-order chi connectivity index (χ1) is 17.1. The smallest absolute Gasteiger partial charge is 0.264 e. The molecule has 0 radical (unpaired) electrons. The first-order valence-corrected chi connectivity index (χ1v) is 12.8. The Balaban J connectivity index is 1.31. The third-order valence-corrected chi connectivity index (χ3v) is 8.07. The number of nitrogens with zero attached hydrogens (tertiary/aromatic N) is 7. The molecule has 0 bridgehead atoms. The first kappa shape index (κ1) is 20.8. The number of fused-ring (bicyclic) bond motifs is 1. The minimum absolute atomic E-state index is 0.0335. The molecule has 3 fully saturated rings. The molecule has 10 nitrogen and oxygen atoms in total. The second kappa shape index (κ2) is 7.73. The summed E-state index contributed by atoms with van der Waals surface area (Å²) in [5.41, 5.74) is 8.56. The summed E-state index contributed by atoms with van der Waals surface area (Å²) < 4.78 is 5.92. The molecule has 4 aromatic heterocycles. The van der Waals surface area contributed by atoms with E-state index in [1.54, 1.807) is 0 Å². The standard InChI is InChI=1S/C25H31N9O/c1-31-20(33-11-2-4-17(33)13-32-10-3-9-27-32)12-19(30-31)18-14-34(23(15-5-6-15)16-7-8-16)25(35)21-22(18)28-29-24(21)26/h3,9-10,12,14-17,23H,2,4-8,11,13H2,1H3,(H3,26,28,29). The molecular weight excluding hydrogens is 442 g/mol. The SMILES string of the molecule is Cn1nc(-c2cn(C(C3CC3)C3CC3)c(=O)c3c(N)n[nH]c23)cc1N1CCCC1Cn1cccn1. The van der Waals surface area contributed by atoms with Crippen molar-refractivity contribution in [3.8, 4) is 11.3 Å². The molecule has 1 saturated heterocycles. The molecule has 2 aliphatic carbocycles. The molecule has 1 atom stereocenters. The molecule has 10 heteroatoms. The second-order valence-corrected chi connectivity index (χ2v) is 10.5. The van der Waals surface area contributed by atoms with E-state index < -0.39 is 0 Å². The Morgan fingerprint density at radius 3 is 2.71 bits per heavy atom. The van der Waals surface area contributed by atoms with Crippen molar-refractivity contribution in [1.29, 1.82) is 0 Å². The largest absolute Gasteiger partial charge is 0.382 e. The number of rotatable bonds is 7. The Hall–Kier alpha value is -3.56. The molecule has 3 aliphatic rings. The van der Waals surface area contributed by atoms with Crippen LogP contribution in [0.4, 0.5) is 11.6 Å². The highest BCUT2D eigenvalue weighted by atomic mass is 16.1. The van der Waals surface area contributed by atoms with Crippen LogP contribution in [-0.2, 0) is 13.6 Å². The number of aromatic amines is 1. The molecule has 2 saturated carbocycles. The van der Waals surface area contributed by atoms with Gasteiger partial charge in [0.1, 0.15) is 11.2 Å². The van der Waals surface area contributed by atoms with Gasteiger partial charge in [0.2, 0.25) is 0 Å². The van der Waals surface area contributed by atoms with Crippen LogP contribution in [0.1, 0.15) is 44.6 Å². The number of aryl methyl sites for hydroxylation is 1. The van der Waals surface area contributed by atoms with Crippen LogP contribution < -0.4 is 16.2 Å². The predicted octanol–water partition coefficient (Wildman–Crippen LogP) is 2.93. The Morgan fingerprint density at radius 1 is 1.20 bits per heavy atom. The summed E-state index contributed by atoms with van der Waals surface area (Å²) in [6, 6.07) is 4.73. The van der Waals surface area contributed by atoms with Gasteiger partial charge in [-0.15, -0.1) is 0 Å². The van der Waals surface area contributed by atoms with Gasteiger partial charge in [-0.2, -0.15) is 15.3 Å². The van der Waals surface area contributed by atoms with Gasteiger partial charge < -0.3 is 15.2 Å². The van der Waals surface area contributed by atoms with Crippen LogP contribution in [0.2, 0.25) is 0 Å². The monoisotopic (exact) mass is 473 g/mol. The van der Waals surface area contributed by atoms with Gasteiger partial charge in [-0.05, 0) is 56.4 Å². The van der Waals surface area contributed by atoms with Crippen LogP contribution in [0.5, 0.6) is 0 Å². The number of hydrogen-bond acceptors (Lipinski definition) is 6. The summed E-state index contributed by atoms with van der Waals surface area (Å²) >= 11 is 0. The summed E-state index contributed by atoms with van der Waals surface area (Å²) in [6.45, 7) is 1.84. The van der Waals surface area contributed by atoms with Crippen LogP contribution in [0.15, 0.2) is 35.5 Å². The van der Waals surface area contributed by atoms with Crippen molar-refractivity contribution in [2.24, 2.45) is 18.9 Å². The third-order valence-electron chi connectivity index (χ3n) is 8.07. The minimum Gasteiger partial charge on any atom is -0.382 e. The van der Waals surface area contributed by atoms with Crippen molar-refractivity contribution in [3.63, 3.8) is 0 Å². The number of hydrogen-bond donors (Lipinski definition) is 2. The Kier molecular flexibility index (Phi) is 4.59. The number of nitrogens with two attached hydrogens (primary N) is 1. The molecular formula is C25H31N9O. The summed E-state index contributed by atoms with van der Waals surface area (Å²) in [5, 5.41) is 17.0. The van der Waals surface area contributed by atoms with Crippen LogP contribution in [0.25, 0.3) is 22.2 Å². The van der Waals surface area contributed by atoms with Crippen molar-refractivity contribution in [2.45, 2.75) is 57.2 Å². The van der Waals surface area contributed by atoms with Crippen molar-refractivity contribution in [3.05, 3.63) is 41.1 Å². The Morgan fingerprint density at radius 2 is 2.00 bits per heavy atom. The highest BCUT2D eigenvalue weighted by Gasteiger charge is 2.43. The van der Waals surface area contributed by atoms with E-state index in [0.29, 0.717) is 28.8 Å². The fourth-order valence-corrected chi connectivity index (χ4v) is 6.10. The van der Waals surface area contributed by atoms with Gasteiger partial charge in [0.05, 0.1) is 23.8 Å². The lowest BCUT2D eigenvalue weighted by Crippen LogP contribution is -2.34. The van der Waals surface area contributed by atoms with Gasteiger partial charge in [-0.1, -0.05) is 0 Å². The van der Waals surface area contributed by atoms with Crippen molar-refractivity contribution in [2.75, 3.05) is 17.2 Å². The molecule has 3 N–H and O–H groups in total. The highest BCUT2D eigenvalue weighted by Crippen LogP contribution is 2.52. The van der Waals surface area contributed by atoms with Crippen molar-refractivity contribution < 1.29 is 0 Å². The third kappa shape index (κ3) is 3.45. The Bertz CT molecular complexity index is 1430. The average molecular weight is 474 g/mol. The van der Waals surface area contributed by atoms with E-state index >= 15 is 0 Å². The van der Waals surface area contributed by atoms with E-state index in [1.165, 1.54) is 25.7 Å². The molecule has 4 aromatic rings. The maximum atomic E-state index is 13.6. The maximum Gasteiger partial charge on any atom is 0.264 e. The number of nitrogens with one attached hydrogen (secondary N) is 1.